The van der Waals surface area contributed by atoms with Crippen LogP contribution in [0.3, 0.4) is 0 Å². The van der Waals surface area contributed by atoms with Crippen molar-refractivity contribution < 1.29 is 19.4 Å². The van der Waals surface area contributed by atoms with Gasteiger partial charge < -0.3 is 9.84 Å². The summed E-state index contributed by atoms with van der Waals surface area (Å²) in [5.74, 6) is -1.16. The Hall–Kier alpha value is -1.29. The molecule has 14 heavy (non-hydrogen) atoms. The van der Waals surface area contributed by atoms with Gasteiger partial charge in [-0.3, -0.25) is 9.59 Å². The van der Waals surface area contributed by atoms with Crippen LogP contribution in [-0.2, 0) is 14.3 Å². The minimum absolute atomic E-state index is 0.237. The molecule has 0 aliphatic carbocycles. The third kappa shape index (κ3) is 6.25. The quantitative estimate of drug-likeness (QED) is 0.189. The lowest BCUT2D eigenvalue weighted by Gasteiger charge is -1.94. The molecule has 0 aromatic rings. The predicted octanol–water partition coefficient (Wildman–Crippen LogP) is 1.36. The molecule has 4 nitrogen and oxygen atoms in total. The minimum Gasteiger partial charge on any atom is -0.508 e. The lowest BCUT2D eigenvalue weighted by atomic mass is 10.2. The van der Waals surface area contributed by atoms with E-state index in [4.69, 9.17) is 16.7 Å². The Labute approximate surface area is 86.8 Å². The number of hydrogen-bond acceptors (Lipinski definition) is 4. The molecule has 0 aliphatic heterocycles. The van der Waals surface area contributed by atoms with E-state index >= 15 is 0 Å². The van der Waals surface area contributed by atoms with E-state index in [1.807, 2.05) is 0 Å². The number of aliphatic hydroxyl groups is 1. The Morgan fingerprint density at radius 1 is 1.50 bits per heavy atom. The Bertz CT molecular complexity index is 268. The van der Waals surface area contributed by atoms with Crippen LogP contribution in [0.15, 0.2) is 24.0 Å². The third-order valence-corrected chi connectivity index (χ3v) is 1.41. The number of ether oxygens (including phenoxy) is 1. The van der Waals surface area contributed by atoms with E-state index in [0.29, 0.717) is 0 Å². The van der Waals surface area contributed by atoms with Gasteiger partial charge in [0.15, 0.2) is 5.78 Å². The average Bonchev–Trinajstić information content (AvgIpc) is 2.14. The van der Waals surface area contributed by atoms with Crippen LogP contribution in [-0.4, -0.2) is 29.8 Å². The van der Waals surface area contributed by atoms with Gasteiger partial charge in [-0.25, -0.2) is 0 Å². The van der Waals surface area contributed by atoms with Crippen molar-refractivity contribution in [2.45, 2.75) is 6.42 Å². The van der Waals surface area contributed by atoms with Crippen molar-refractivity contribution in [3.05, 3.63) is 24.0 Å². The summed E-state index contributed by atoms with van der Waals surface area (Å²) < 4.78 is 4.27. The van der Waals surface area contributed by atoms with E-state index in [9.17, 15) is 9.59 Å². The first-order valence-corrected chi connectivity index (χ1v) is 4.36. The molecular weight excluding hydrogens is 208 g/mol. The van der Waals surface area contributed by atoms with Crippen LogP contribution >= 0.6 is 11.6 Å². The number of esters is 1. The summed E-state index contributed by atoms with van der Waals surface area (Å²) in [7, 11) is 1.19. The summed E-state index contributed by atoms with van der Waals surface area (Å²) >= 11 is 5.30. The highest BCUT2D eigenvalue weighted by Crippen LogP contribution is 1.96. The number of alkyl halides is 1. The maximum Gasteiger partial charge on any atom is 0.313 e. The molecule has 0 bridgehead atoms. The molecule has 0 aliphatic rings. The first-order valence-electron chi connectivity index (χ1n) is 3.83. The van der Waals surface area contributed by atoms with Gasteiger partial charge in [-0.05, 0) is 6.08 Å². The maximum absolute atomic E-state index is 11.0. The van der Waals surface area contributed by atoms with E-state index < -0.39 is 11.8 Å². The van der Waals surface area contributed by atoms with E-state index in [1.54, 1.807) is 0 Å². The highest BCUT2D eigenvalue weighted by Gasteiger charge is 2.06. The number of hydrogen-bond donors (Lipinski definition) is 1. The molecule has 0 rings (SSSR count). The van der Waals surface area contributed by atoms with Crippen molar-refractivity contribution in [3.8, 4) is 0 Å². The second-order valence-electron chi connectivity index (χ2n) is 2.35. The summed E-state index contributed by atoms with van der Waals surface area (Å²) in [6, 6.07) is 0. The number of allylic oxidation sites excluding steroid dienone is 3. The Balaban J connectivity index is 4.15. The molecule has 1 N–H and O–H groups in total. The van der Waals surface area contributed by atoms with Crippen LogP contribution < -0.4 is 0 Å². The molecule has 0 spiro atoms. The lowest BCUT2D eigenvalue weighted by Crippen LogP contribution is -2.07. The number of carbonyl (C=O) groups excluding carboxylic acids is 2. The summed E-state index contributed by atoms with van der Waals surface area (Å²) in [4.78, 5) is 21.6. The van der Waals surface area contributed by atoms with E-state index in [1.165, 1.54) is 19.3 Å². The number of methoxy groups -OCH3 is 1. The van der Waals surface area contributed by atoms with Crippen molar-refractivity contribution in [2.24, 2.45) is 0 Å². The molecule has 0 fully saturated rings. The standard InChI is InChI=1S/C9H11ClO4/c1-14-9(13)6-8(12)5-7(11)3-2-4-10/h2-3,5,11H,4,6H2,1H3/b3-2+,7-5-. The molecule has 0 aromatic carbocycles. The smallest absolute Gasteiger partial charge is 0.313 e. The van der Waals surface area contributed by atoms with E-state index in [-0.39, 0.29) is 18.1 Å². The van der Waals surface area contributed by atoms with Crippen LogP contribution in [0.4, 0.5) is 0 Å². The number of rotatable bonds is 5. The fourth-order valence-electron chi connectivity index (χ4n) is 0.644. The topological polar surface area (TPSA) is 63.6 Å². The molecular formula is C9H11ClO4. The van der Waals surface area contributed by atoms with Gasteiger partial charge in [0.05, 0.1) is 7.11 Å². The normalized spacial score (nSPS) is 11.7. The Kier molecular flexibility index (Phi) is 6.49. The number of carbonyl (C=O) groups is 2. The molecule has 0 saturated heterocycles. The van der Waals surface area contributed by atoms with Gasteiger partial charge in [0, 0.05) is 12.0 Å². The number of ketones is 1. The van der Waals surface area contributed by atoms with Crippen molar-refractivity contribution in [2.75, 3.05) is 13.0 Å². The second kappa shape index (κ2) is 7.15. The number of halogens is 1. The van der Waals surface area contributed by atoms with Gasteiger partial charge in [0.25, 0.3) is 0 Å². The lowest BCUT2D eigenvalue weighted by molar-refractivity contribution is -0.142. The second-order valence-corrected chi connectivity index (χ2v) is 2.65. The molecule has 0 atom stereocenters. The molecule has 0 saturated carbocycles. The first kappa shape index (κ1) is 12.7. The van der Waals surface area contributed by atoms with Crippen molar-refractivity contribution in [1.29, 1.82) is 0 Å². The number of aliphatic hydroxyl groups excluding tert-OH is 1. The monoisotopic (exact) mass is 218 g/mol. The zero-order chi connectivity index (χ0) is 11.0. The average molecular weight is 219 g/mol. The van der Waals surface area contributed by atoms with Crippen LogP contribution in [0.5, 0.6) is 0 Å². The molecule has 5 heteroatoms. The molecule has 78 valence electrons. The molecule has 0 radical (unpaired) electrons. The van der Waals surface area contributed by atoms with Gasteiger partial charge in [-0.15, -0.1) is 11.6 Å². The SMILES string of the molecule is COC(=O)CC(=O)/C=C(O)/C=C/CCl. The van der Waals surface area contributed by atoms with Crippen molar-refractivity contribution in [1.82, 2.24) is 0 Å². The molecule has 0 heterocycles. The highest BCUT2D eigenvalue weighted by atomic mass is 35.5. The Morgan fingerprint density at radius 3 is 2.64 bits per heavy atom. The van der Waals surface area contributed by atoms with E-state index in [0.717, 1.165) is 6.08 Å². The van der Waals surface area contributed by atoms with Gasteiger partial charge in [-0.2, -0.15) is 0 Å². The summed E-state index contributed by atoms with van der Waals surface area (Å²) in [6.45, 7) is 0. The van der Waals surface area contributed by atoms with Crippen LogP contribution in [0, 0.1) is 0 Å². The van der Waals surface area contributed by atoms with Gasteiger partial charge >= 0.3 is 5.97 Å². The van der Waals surface area contributed by atoms with Gasteiger partial charge in [0.1, 0.15) is 12.2 Å². The summed E-state index contributed by atoms with van der Waals surface area (Å²) in [5, 5.41) is 9.08. The minimum atomic E-state index is -0.639. The summed E-state index contributed by atoms with van der Waals surface area (Å²) in [6.07, 6.45) is 3.32. The predicted molar refractivity (Wildman–Crippen MR) is 52.2 cm³/mol. The zero-order valence-corrected chi connectivity index (χ0v) is 8.45. The molecule has 0 amide bonds. The van der Waals surface area contributed by atoms with Crippen molar-refractivity contribution >= 4 is 23.4 Å². The van der Waals surface area contributed by atoms with Crippen LogP contribution in [0.1, 0.15) is 6.42 Å². The fraction of sp³-hybridized carbons (Fsp3) is 0.333. The molecule has 0 aromatic heterocycles. The van der Waals surface area contributed by atoms with Crippen LogP contribution in [0.25, 0.3) is 0 Å². The highest BCUT2D eigenvalue weighted by molar-refractivity contribution is 6.18. The maximum atomic E-state index is 11.0. The largest absolute Gasteiger partial charge is 0.508 e. The third-order valence-electron chi connectivity index (χ3n) is 1.23. The summed E-state index contributed by atoms with van der Waals surface area (Å²) in [5.41, 5.74) is 0. The first-order chi connectivity index (χ1) is 6.60. The Morgan fingerprint density at radius 2 is 2.14 bits per heavy atom. The van der Waals surface area contributed by atoms with E-state index in [2.05, 4.69) is 4.74 Å². The zero-order valence-electron chi connectivity index (χ0n) is 7.70. The van der Waals surface area contributed by atoms with Crippen LogP contribution in [0.2, 0.25) is 0 Å². The fourth-order valence-corrected chi connectivity index (χ4v) is 0.733. The van der Waals surface area contributed by atoms with Gasteiger partial charge in [-0.1, -0.05) is 6.08 Å². The molecule has 0 unspecified atom stereocenters. The van der Waals surface area contributed by atoms with Gasteiger partial charge in [0.2, 0.25) is 0 Å². The van der Waals surface area contributed by atoms with Crippen molar-refractivity contribution in [3.63, 3.8) is 0 Å².